The molecule has 4 N–H and O–H groups in total. The summed E-state index contributed by atoms with van der Waals surface area (Å²) >= 11 is 0. The molecule has 0 aliphatic rings. The van der Waals surface area contributed by atoms with Gasteiger partial charge < -0.3 is 25.8 Å². The Morgan fingerprint density at radius 2 is 1.81 bits per heavy atom. The molecule has 1 rings (SSSR count). The van der Waals surface area contributed by atoms with Crippen molar-refractivity contribution in [2.75, 3.05) is 25.6 Å². The number of anilines is 1. The van der Waals surface area contributed by atoms with Gasteiger partial charge in [0.05, 0.1) is 19.1 Å². The molecule has 0 bridgehead atoms. The molecule has 2 unspecified atom stereocenters. The third-order valence-electron chi connectivity index (χ3n) is 3.43. The summed E-state index contributed by atoms with van der Waals surface area (Å²) in [6.45, 7) is 3.75. The normalized spacial score (nSPS) is 12.3. The minimum atomic E-state index is -0.742. The SMILES string of the molecule is CCOC(=O)C(C)NC(=O)c1ccc(NC(=O)CC(CN)OC)cc1.Cl. The van der Waals surface area contributed by atoms with Crippen LogP contribution in [-0.2, 0) is 19.1 Å². The second-order valence-electron chi connectivity index (χ2n) is 5.37. The first-order valence-corrected chi connectivity index (χ1v) is 8.01. The van der Waals surface area contributed by atoms with Crippen LogP contribution in [0.3, 0.4) is 0 Å². The summed E-state index contributed by atoms with van der Waals surface area (Å²) in [5.41, 5.74) is 6.39. The molecule has 26 heavy (non-hydrogen) atoms. The number of esters is 1. The van der Waals surface area contributed by atoms with E-state index in [0.29, 0.717) is 11.3 Å². The van der Waals surface area contributed by atoms with Crippen LogP contribution in [0.15, 0.2) is 24.3 Å². The van der Waals surface area contributed by atoms with Crippen molar-refractivity contribution in [1.82, 2.24) is 5.32 Å². The highest BCUT2D eigenvalue weighted by molar-refractivity contribution is 5.97. The van der Waals surface area contributed by atoms with E-state index in [-0.39, 0.29) is 44.0 Å². The van der Waals surface area contributed by atoms with Gasteiger partial charge in [-0.3, -0.25) is 9.59 Å². The second-order valence-corrected chi connectivity index (χ2v) is 5.37. The molecular formula is C17H26ClN3O5. The highest BCUT2D eigenvalue weighted by Crippen LogP contribution is 2.11. The predicted molar refractivity (Wildman–Crippen MR) is 100 cm³/mol. The van der Waals surface area contributed by atoms with E-state index in [9.17, 15) is 14.4 Å². The molecule has 0 saturated heterocycles. The van der Waals surface area contributed by atoms with E-state index < -0.39 is 17.9 Å². The van der Waals surface area contributed by atoms with Gasteiger partial charge in [-0.1, -0.05) is 0 Å². The number of ether oxygens (including phenoxy) is 2. The molecule has 0 heterocycles. The second kappa shape index (κ2) is 12.2. The molecular weight excluding hydrogens is 362 g/mol. The molecule has 0 aliphatic heterocycles. The van der Waals surface area contributed by atoms with Crippen LogP contribution in [0.1, 0.15) is 30.6 Å². The van der Waals surface area contributed by atoms with Gasteiger partial charge in [0.15, 0.2) is 0 Å². The van der Waals surface area contributed by atoms with Crippen molar-refractivity contribution in [3.05, 3.63) is 29.8 Å². The maximum atomic E-state index is 12.1. The quantitative estimate of drug-likeness (QED) is 0.545. The van der Waals surface area contributed by atoms with Crippen molar-refractivity contribution in [2.45, 2.75) is 32.4 Å². The van der Waals surface area contributed by atoms with E-state index in [4.69, 9.17) is 15.2 Å². The first kappa shape index (κ1) is 23.8. The summed E-state index contributed by atoms with van der Waals surface area (Å²) < 4.78 is 9.89. The molecule has 0 aromatic heterocycles. The molecule has 0 fully saturated rings. The summed E-state index contributed by atoms with van der Waals surface area (Å²) in [6.07, 6.45) is -0.193. The number of amides is 2. The zero-order valence-electron chi connectivity index (χ0n) is 15.1. The van der Waals surface area contributed by atoms with Gasteiger partial charge in [0.1, 0.15) is 6.04 Å². The van der Waals surface area contributed by atoms with Crippen molar-refractivity contribution in [3.8, 4) is 0 Å². The standard InChI is InChI=1S/C17H25N3O5.ClH/c1-4-25-17(23)11(2)19-16(22)12-5-7-13(8-6-12)20-15(21)9-14(10-18)24-3;/h5-8,11,14H,4,9-10,18H2,1-3H3,(H,19,22)(H,20,21);1H. The number of hydrogen-bond donors (Lipinski definition) is 3. The van der Waals surface area contributed by atoms with E-state index in [0.717, 1.165) is 0 Å². The fourth-order valence-electron chi connectivity index (χ4n) is 1.99. The number of benzene rings is 1. The number of methoxy groups -OCH3 is 1. The Morgan fingerprint density at radius 1 is 1.19 bits per heavy atom. The minimum absolute atomic E-state index is 0. The molecule has 146 valence electrons. The van der Waals surface area contributed by atoms with Crippen LogP contribution in [0.2, 0.25) is 0 Å². The molecule has 0 aliphatic carbocycles. The Morgan fingerprint density at radius 3 is 2.31 bits per heavy atom. The molecule has 8 nitrogen and oxygen atoms in total. The lowest BCUT2D eigenvalue weighted by atomic mass is 10.1. The Kier molecular flexibility index (Phi) is 11.2. The van der Waals surface area contributed by atoms with Crippen molar-refractivity contribution in [3.63, 3.8) is 0 Å². The zero-order valence-corrected chi connectivity index (χ0v) is 15.9. The fraction of sp³-hybridized carbons (Fsp3) is 0.471. The Labute approximate surface area is 159 Å². The zero-order chi connectivity index (χ0) is 18.8. The summed E-state index contributed by atoms with van der Waals surface area (Å²) in [4.78, 5) is 35.5. The number of rotatable bonds is 9. The van der Waals surface area contributed by atoms with Crippen molar-refractivity contribution in [1.29, 1.82) is 0 Å². The third kappa shape index (κ3) is 7.81. The van der Waals surface area contributed by atoms with Crippen molar-refractivity contribution >= 4 is 35.9 Å². The lowest BCUT2D eigenvalue weighted by molar-refractivity contribution is -0.144. The van der Waals surface area contributed by atoms with Gasteiger partial charge >= 0.3 is 5.97 Å². The minimum Gasteiger partial charge on any atom is -0.464 e. The van der Waals surface area contributed by atoms with Crippen molar-refractivity contribution in [2.24, 2.45) is 5.73 Å². The number of hydrogen-bond acceptors (Lipinski definition) is 6. The van der Waals surface area contributed by atoms with E-state index in [2.05, 4.69) is 10.6 Å². The summed E-state index contributed by atoms with van der Waals surface area (Å²) in [6, 6.07) is 5.58. The third-order valence-corrected chi connectivity index (χ3v) is 3.43. The van der Waals surface area contributed by atoms with Crippen LogP contribution in [0, 0.1) is 0 Å². The van der Waals surface area contributed by atoms with Gasteiger partial charge in [-0.05, 0) is 38.1 Å². The first-order chi connectivity index (χ1) is 11.9. The lowest BCUT2D eigenvalue weighted by Gasteiger charge is -2.14. The van der Waals surface area contributed by atoms with Gasteiger partial charge in [-0.25, -0.2) is 4.79 Å². The smallest absolute Gasteiger partial charge is 0.328 e. The van der Waals surface area contributed by atoms with Crippen LogP contribution < -0.4 is 16.4 Å². The Bertz CT molecular complexity index is 591. The summed E-state index contributed by atoms with van der Waals surface area (Å²) in [5.74, 6) is -1.13. The average Bonchev–Trinajstić information content (AvgIpc) is 2.60. The van der Waals surface area contributed by atoms with E-state index in [1.807, 2.05) is 0 Å². The van der Waals surface area contributed by atoms with E-state index >= 15 is 0 Å². The van der Waals surface area contributed by atoms with Crippen LogP contribution in [0.4, 0.5) is 5.69 Å². The monoisotopic (exact) mass is 387 g/mol. The van der Waals surface area contributed by atoms with Gasteiger partial charge in [-0.2, -0.15) is 0 Å². The predicted octanol–water partition coefficient (Wildman–Crippen LogP) is 1.09. The van der Waals surface area contributed by atoms with Crippen LogP contribution in [0.5, 0.6) is 0 Å². The maximum absolute atomic E-state index is 12.1. The molecule has 1 aromatic rings. The molecule has 0 spiro atoms. The van der Waals surface area contributed by atoms with Crippen LogP contribution >= 0.6 is 12.4 Å². The molecule has 9 heteroatoms. The van der Waals surface area contributed by atoms with Crippen molar-refractivity contribution < 1.29 is 23.9 Å². The number of nitrogens with one attached hydrogen (secondary N) is 2. The topological polar surface area (TPSA) is 120 Å². The number of halogens is 1. The Hall–Kier alpha value is -2.16. The average molecular weight is 388 g/mol. The summed E-state index contributed by atoms with van der Waals surface area (Å²) in [5, 5.41) is 5.25. The first-order valence-electron chi connectivity index (χ1n) is 8.01. The Balaban J connectivity index is 0.00000625. The lowest BCUT2D eigenvalue weighted by Crippen LogP contribution is -2.39. The fourth-order valence-corrected chi connectivity index (χ4v) is 1.99. The highest BCUT2D eigenvalue weighted by Gasteiger charge is 2.17. The number of nitrogens with two attached hydrogens (primary N) is 1. The van der Waals surface area contributed by atoms with Crippen LogP contribution in [0.25, 0.3) is 0 Å². The summed E-state index contributed by atoms with van der Waals surface area (Å²) in [7, 11) is 1.50. The molecule has 1 aromatic carbocycles. The van der Waals surface area contributed by atoms with Crippen LogP contribution in [-0.4, -0.2) is 50.2 Å². The molecule has 0 radical (unpaired) electrons. The maximum Gasteiger partial charge on any atom is 0.328 e. The largest absolute Gasteiger partial charge is 0.464 e. The van der Waals surface area contributed by atoms with E-state index in [1.165, 1.54) is 7.11 Å². The van der Waals surface area contributed by atoms with Gasteiger partial charge in [0, 0.05) is 24.9 Å². The molecule has 2 amide bonds. The van der Waals surface area contributed by atoms with E-state index in [1.54, 1.807) is 38.1 Å². The molecule has 0 saturated carbocycles. The number of carbonyl (C=O) groups excluding carboxylic acids is 3. The molecule has 2 atom stereocenters. The van der Waals surface area contributed by atoms with Gasteiger partial charge in [-0.15, -0.1) is 12.4 Å². The number of carbonyl (C=O) groups is 3. The highest BCUT2D eigenvalue weighted by atomic mass is 35.5. The van der Waals surface area contributed by atoms with Gasteiger partial charge in [0.2, 0.25) is 5.91 Å². The van der Waals surface area contributed by atoms with Gasteiger partial charge in [0.25, 0.3) is 5.91 Å².